The van der Waals surface area contributed by atoms with Crippen LogP contribution in [0.25, 0.3) is 32.3 Å². The van der Waals surface area contributed by atoms with Crippen LogP contribution < -0.4 is 0 Å². The van der Waals surface area contributed by atoms with Gasteiger partial charge in [0.25, 0.3) is 0 Å². The molecule has 0 unspecified atom stereocenters. The number of ether oxygens (including phenoxy) is 1. The Labute approximate surface area is 140 Å². The van der Waals surface area contributed by atoms with Gasteiger partial charge in [0.15, 0.2) is 0 Å². The van der Waals surface area contributed by atoms with Crippen LogP contribution in [0.2, 0.25) is 0 Å². The van der Waals surface area contributed by atoms with E-state index in [9.17, 15) is 4.79 Å². The SMILES string of the molecule is C=C(CC)C(=O)OCc1ccc2ccc3cccc4ccc1c2c34. The number of esters is 1. The van der Waals surface area contributed by atoms with Crippen LogP contribution in [-0.2, 0) is 16.1 Å². The zero-order valence-corrected chi connectivity index (χ0v) is 13.6. The zero-order chi connectivity index (χ0) is 16.7. The quantitative estimate of drug-likeness (QED) is 0.279. The minimum atomic E-state index is -0.316. The molecule has 0 saturated heterocycles. The smallest absolute Gasteiger partial charge is 0.333 e. The predicted molar refractivity (Wildman–Crippen MR) is 99.4 cm³/mol. The lowest BCUT2D eigenvalue weighted by Gasteiger charge is -2.14. The molecule has 4 aromatic rings. The van der Waals surface area contributed by atoms with E-state index in [2.05, 4.69) is 55.1 Å². The maximum absolute atomic E-state index is 11.9. The first-order chi connectivity index (χ1) is 11.7. The largest absolute Gasteiger partial charge is 0.457 e. The number of hydrogen-bond acceptors (Lipinski definition) is 2. The fraction of sp³-hybridized carbons (Fsp3) is 0.136. The summed E-state index contributed by atoms with van der Waals surface area (Å²) in [6.07, 6.45) is 0.608. The maximum Gasteiger partial charge on any atom is 0.333 e. The first kappa shape index (κ1) is 14.7. The van der Waals surface area contributed by atoms with E-state index in [-0.39, 0.29) is 12.6 Å². The number of hydrogen-bond donors (Lipinski definition) is 0. The molecule has 0 aliphatic heterocycles. The summed E-state index contributed by atoms with van der Waals surface area (Å²) in [5.74, 6) is -0.316. The second-order valence-electron chi connectivity index (χ2n) is 6.11. The Bertz CT molecular complexity index is 1060. The van der Waals surface area contributed by atoms with Crippen molar-refractivity contribution < 1.29 is 9.53 Å². The Balaban J connectivity index is 1.85. The van der Waals surface area contributed by atoms with Crippen molar-refractivity contribution in [2.45, 2.75) is 20.0 Å². The van der Waals surface area contributed by atoms with Crippen molar-refractivity contribution in [2.75, 3.05) is 0 Å². The Kier molecular flexibility index (Phi) is 3.46. The molecular weight excluding hydrogens is 296 g/mol. The third kappa shape index (κ3) is 2.23. The minimum absolute atomic E-state index is 0.270. The average Bonchev–Trinajstić information content (AvgIpc) is 2.64. The van der Waals surface area contributed by atoms with Crippen LogP contribution in [0.3, 0.4) is 0 Å². The van der Waals surface area contributed by atoms with E-state index in [0.717, 1.165) is 10.9 Å². The standard InChI is InChI=1S/C22H18O2/c1-3-14(2)22(23)24-13-18-10-9-17-8-7-15-5-4-6-16-11-12-19(18)21(17)20(15)16/h4-12H,2-3,13H2,1H3. The van der Waals surface area contributed by atoms with Crippen LogP contribution in [0.5, 0.6) is 0 Å². The molecule has 0 aliphatic rings. The molecule has 0 aromatic heterocycles. The molecule has 0 saturated carbocycles. The van der Waals surface area contributed by atoms with Gasteiger partial charge in [-0.25, -0.2) is 4.79 Å². The van der Waals surface area contributed by atoms with Crippen molar-refractivity contribution in [3.05, 3.63) is 72.3 Å². The molecule has 0 radical (unpaired) electrons. The van der Waals surface area contributed by atoms with Crippen molar-refractivity contribution >= 4 is 38.3 Å². The van der Waals surface area contributed by atoms with Gasteiger partial charge in [0, 0.05) is 5.57 Å². The van der Waals surface area contributed by atoms with E-state index in [0.29, 0.717) is 12.0 Å². The molecule has 24 heavy (non-hydrogen) atoms. The molecule has 4 rings (SSSR count). The first-order valence-corrected chi connectivity index (χ1v) is 8.19. The van der Waals surface area contributed by atoms with Gasteiger partial charge in [-0.3, -0.25) is 0 Å². The highest BCUT2D eigenvalue weighted by molar-refractivity contribution is 6.23. The Morgan fingerprint density at radius 3 is 2.25 bits per heavy atom. The molecule has 0 atom stereocenters. The van der Waals surface area contributed by atoms with Crippen LogP contribution in [0, 0.1) is 0 Å². The highest BCUT2D eigenvalue weighted by Crippen LogP contribution is 2.36. The van der Waals surface area contributed by atoms with Gasteiger partial charge in [-0.1, -0.05) is 68.1 Å². The topological polar surface area (TPSA) is 26.3 Å². The Morgan fingerprint density at radius 2 is 1.54 bits per heavy atom. The Hall–Kier alpha value is -2.87. The molecule has 118 valence electrons. The monoisotopic (exact) mass is 314 g/mol. The number of benzene rings is 4. The van der Waals surface area contributed by atoms with Gasteiger partial charge in [-0.15, -0.1) is 0 Å². The molecule has 0 N–H and O–H groups in total. The number of rotatable bonds is 4. The molecule has 2 nitrogen and oxygen atoms in total. The zero-order valence-electron chi connectivity index (χ0n) is 13.6. The van der Waals surface area contributed by atoms with Crippen molar-refractivity contribution in [1.82, 2.24) is 0 Å². The Morgan fingerprint density at radius 1 is 0.917 bits per heavy atom. The van der Waals surface area contributed by atoms with Crippen LogP contribution >= 0.6 is 0 Å². The summed E-state index contributed by atoms with van der Waals surface area (Å²) < 4.78 is 5.43. The first-order valence-electron chi connectivity index (χ1n) is 8.19. The van der Waals surface area contributed by atoms with E-state index >= 15 is 0 Å². The molecule has 0 spiro atoms. The molecule has 0 aliphatic carbocycles. The van der Waals surface area contributed by atoms with E-state index in [4.69, 9.17) is 4.74 Å². The summed E-state index contributed by atoms with van der Waals surface area (Å²) in [7, 11) is 0. The van der Waals surface area contributed by atoms with Crippen LogP contribution in [0.4, 0.5) is 0 Å². The van der Waals surface area contributed by atoms with Gasteiger partial charge in [0.1, 0.15) is 6.61 Å². The van der Waals surface area contributed by atoms with E-state index in [1.807, 2.05) is 13.0 Å². The second-order valence-corrected chi connectivity index (χ2v) is 6.11. The molecule has 0 fully saturated rings. The van der Waals surface area contributed by atoms with Crippen molar-refractivity contribution in [2.24, 2.45) is 0 Å². The lowest BCUT2D eigenvalue weighted by atomic mass is 9.92. The molecule has 4 aromatic carbocycles. The van der Waals surface area contributed by atoms with Crippen LogP contribution in [0.1, 0.15) is 18.9 Å². The highest BCUT2D eigenvalue weighted by atomic mass is 16.5. The van der Waals surface area contributed by atoms with Gasteiger partial charge >= 0.3 is 5.97 Å². The molecule has 0 bridgehead atoms. The van der Waals surface area contributed by atoms with Gasteiger partial charge < -0.3 is 4.74 Å². The van der Waals surface area contributed by atoms with Gasteiger partial charge in [-0.05, 0) is 44.3 Å². The maximum atomic E-state index is 11.9. The van der Waals surface area contributed by atoms with E-state index in [1.165, 1.54) is 26.9 Å². The van der Waals surface area contributed by atoms with Gasteiger partial charge in [0.2, 0.25) is 0 Å². The molecule has 2 heteroatoms. The summed E-state index contributed by atoms with van der Waals surface area (Å²) in [6.45, 7) is 5.91. The highest BCUT2D eigenvalue weighted by Gasteiger charge is 2.12. The summed E-state index contributed by atoms with van der Waals surface area (Å²) in [5.41, 5.74) is 1.53. The molecule has 0 heterocycles. The second kappa shape index (κ2) is 5.64. The van der Waals surface area contributed by atoms with Gasteiger partial charge in [0.05, 0.1) is 0 Å². The summed E-state index contributed by atoms with van der Waals surface area (Å²) in [6, 6.07) is 19.1. The van der Waals surface area contributed by atoms with E-state index < -0.39 is 0 Å². The summed E-state index contributed by atoms with van der Waals surface area (Å²) in [4.78, 5) is 11.9. The van der Waals surface area contributed by atoms with Crippen LogP contribution in [-0.4, -0.2) is 5.97 Å². The lowest BCUT2D eigenvalue weighted by molar-refractivity contribution is -0.140. The lowest BCUT2D eigenvalue weighted by Crippen LogP contribution is -2.06. The van der Waals surface area contributed by atoms with Crippen molar-refractivity contribution in [3.8, 4) is 0 Å². The number of carbonyl (C=O) groups is 1. The normalized spacial score (nSPS) is 11.4. The van der Waals surface area contributed by atoms with Crippen molar-refractivity contribution in [1.29, 1.82) is 0 Å². The summed E-state index contributed by atoms with van der Waals surface area (Å²) in [5, 5.41) is 7.35. The third-order valence-electron chi connectivity index (χ3n) is 4.69. The average molecular weight is 314 g/mol. The van der Waals surface area contributed by atoms with Crippen molar-refractivity contribution in [3.63, 3.8) is 0 Å². The molecule has 0 amide bonds. The summed E-state index contributed by atoms with van der Waals surface area (Å²) >= 11 is 0. The van der Waals surface area contributed by atoms with E-state index in [1.54, 1.807) is 0 Å². The molecular formula is C22H18O2. The predicted octanol–water partition coefficient (Wildman–Crippen LogP) is 5.59. The minimum Gasteiger partial charge on any atom is -0.457 e. The number of carbonyl (C=O) groups excluding carboxylic acids is 1. The van der Waals surface area contributed by atoms with Crippen LogP contribution in [0.15, 0.2) is 66.7 Å². The van der Waals surface area contributed by atoms with Gasteiger partial charge in [-0.2, -0.15) is 0 Å². The fourth-order valence-corrected chi connectivity index (χ4v) is 3.31. The fourth-order valence-electron chi connectivity index (χ4n) is 3.31. The third-order valence-corrected chi connectivity index (χ3v) is 4.69.